The number of nitrogens with two attached hydrogens (primary N) is 1. The summed E-state index contributed by atoms with van der Waals surface area (Å²) in [6.45, 7) is 5.37. The van der Waals surface area contributed by atoms with E-state index in [1.54, 1.807) is 6.92 Å². The van der Waals surface area contributed by atoms with Crippen LogP contribution in [0.1, 0.15) is 30.9 Å². The Bertz CT molecular complexity index is 763. The smallest absolute Gasteiger partial charge is 0.244 e. The van der Waals surface area contributed by atoms with Crippen molar-refractivity contribution >= 4 is 42.3 Å². The van der Waals surface area contributed by atoms with Crippen LogP contribution < -0.4 is 11.1 Å². The topological polar surface area (TPSA) is 58.4 Å². The highest BCUT2D eigenvalue weighted by molar-refractivity contribution is 6.31. The quantitative estimate of drug-likeness (QED) is 0.675. The molecular formula is C22H30Cl3N3O. The third-order valence-electron chi connectivity index (χ3n) is 5.46. The number of likely N-dealkylation sites (tertiary alicyclic amines) is 1. The maximum absolute atomic E-state index is 12.6. The molecule has 0 aliphatic carbocycles. The van der Waals surface area contributed by atoms with Gasteiger partial charge in [0, 0.05) is 18.1 Å². The second-order valence-electron chi connectivity index (χ2n) is 7.59. The standard InChI is InChI=1S/C22H28ClN3O.2ClH/c1-22(24,19-8-3-2-4-9-19)21(27)25-15-17-11-13-26(14-12-17)16-18-7-5-6-10-20(18)23;;/h2-10,17H,11-16,24H2,1H3,(H,25,27);2*1H. The van der Waals surface area contributed by atoms with Crippen molar-refractivity contribution in [3.8, 4) is 0 Å². The van der Waals surface area contributed by atoms with E-state index in [1.807, 2.05) is 48.5 Å². The van der Waals surface area contributed by atoms with Gasteiger partial charge in [-0.25, -0.2) is 0 Å². The molecule has 2 aromatic carbocycles. The van der Waals surface area contributed by atoms with Crippen LogP contribution in [0, 0.1) is 5.92 Å². The Morgan fingerprint density at radius 1 is 1.10 bits per heavy atom. The van der Waals surface area contributed by atoms with Crippen LogP contribution in [0.5, 0.6) is 0 Å². The molecule has 0 spiro atoms. The largest absolute Gasteiger partial charge is 0.354 e. The monoisotopic (exact) mass is 457 g/mol. The molecule has 1 atom stereocenters. The number of carbonyl (C=O) groups excluding carboxylic acids is 1. The molecule has 0 bridgehead atoms. The minimum Gasteiger partial charge on any atom is -0.354 e. The van der Waals surface area contributed by atoms with Gasteiger partial charge in [-0.05, 0) is 56.0 Å². The molecule has 29 heavy (non-hydrogen) atoms. The highest BCUT2D eigenvalue weighted by Gasteiger charge is 2.31. The van der Waals surface area contributed by atoms with E-state index >= 15 is 0 Å². The Balaban J connectivity index is 0.00000210. The first-order chi connectivity index (χ1) is 13.0. The molecule has 2 aromatic rings. The van der Waals surface area contributed by atoms with E-state index in [4.69, 9.17) is 17.3 Å². The van der Waals surface area contributed by atoms with Crippen LogP contribution in [-0.4, -0.2) is 30.4 Å². The summed E-state index contributed by atoms with van der Waals surface area (Å²) >= 11 is 6.26. The van der Waals surface area contributed by atoms with E-state index in [1.165, 1.54) is 5.56 Å². The van der Waals surface area contributed by atoms with Crippen molar-refractivity contribution in [3.63, 3.8) is 0 Å². The summed E-state index contributed by atoms with van der Waals surface area (Å²) in [5.74, 6) is 0.371. The Morgan fingerprint density at radius 3 is 2.31 bits per heavy atom. The van der Waals surface area contributed by atoms with Crippen LogP contribution in [0.4, 0.5) is 0 Å². The highest BCUT2D eigenvalue weighted by atomic mass is 35.5. The van der Waals surface area contributed by atoms with E-state index < -0.39 is 5.54 Å². The Kier molecular flexibility index (Phi) is 10.4. The number of rotatable bonds is 6. The van der Waals surface area contributed by atoms with Gasteiger partial charge in [0.05, 0.1) is 0 Å². The van der Waals surface area contributed by atoms with Gasteiger partial charge in [-0.15, -0.1) is 24.8 Å². The summed E-state index contributed by atoms with van der Waals surface area (Å²) in [5, 5.41) is 3.89. The number of carbonyl (C=O) groups is 1. The molecule has 1 aliphatic rings. The maximum Gasteiger partial charge on any atom is 0.244 e. The molecule has 7 heteroatoms. The average molecular weight is 459 g/mol. The lowest BCUT2D eigenvalue weighted by Crippen LogP contribution is -2.50. The molecule has 1 unspecified atom stereocenters. The molecule has 160 valence electrons. The van der Waals surface area contributed by atoms with Gasteiger partial charge in [0.15, 0.2) is 0 Å². The van der Waals surface area contributed by atoms with Crippen molar-refractivity contribution < 1.29 is 4.79 Å². The second kappa shape index (κ2) is 11.8. The number of piperidine rings is 1. The van der Waals surface area contributed by atoms with Crippen molar-refractivity contribution in [1.29, 1.82) is 0 Å². The van der Waals surface area contributed by atoms with E-state index in [-0.39, 0.29) is 30.7 Å². The molecule has 0 saturated carbocycles. The van der Waals surface area contributed by atoms with Crippen molar-refractivity contribution in [2.45, 2.75) is 31.8 Å². The molecule has 1 saturated heterocycles. The average Bonchev–Trinajstić information content (AvgIpc) is 2.69. The van der Waals surface area contributed by atoms with Crippen molar-refractivity contribution in [1.82, 2.24) is 10.2 Å². The lowest BCUT2D eigenvalue weighted by Gasteiger charge is -2.33. The first-order valence-corrected chi connectivity index (χ1v) is 9.93. The van der Waals surface area contributed by atoms with Crippen LogP contribution in [0.3, 0.4) is 0 Å². The normalized spacial score (nSPS) is 16.8. The maximum atomic E-state index is 12.6. The molecule has 1 fully saturated rings. The highest BCUT2D eigenvalue weighted by Crippen LogP contribution is 2.23. The lowest BCUT2D eigenvalue weighted by atomic mass is 9.91. The Labute approximate surface area is 191 Å². The number of halogens is 3. The summed E-state index contributed by atoms with van der Waals surface area (Å²) < 4.78 is 0. The summed E-state index contributed by atoms with van der Waals surface area (Å²) in [5.41, 5.74) is 7.28. The van der Waals surface area contributed by atoms with E-state index in [2.05, 4.69) is 16.3 Å². The third-order valence-corrected chi connectivity index (χ3v) is 5.82. The first kappa shape index (κ1) is 25.7. The minimum atomic E-state index is -1.01. The van der Waals surface area contributed by atoms with Crippen molar-refractivity contribution in [2.75, 3.05) is 19.6 Å². The number of hydrogen-bond acceptors (Lipinski definition) is 3. The molecule has 1 amide bonds. The molecule has 4 nitrogen and oxygen atoms in total. The minimum absolute atomic E-state index is 0. The van der Waals surface area contributed by atoms with Gasteiger partial charge in [0.1, 0.15) is 5.54 Å². The number of hydrogen-bond donors (Lipinski definition) is 2. The van der Waals surface area contributed by atoms with Gasteiger partial charge in [-0.2, -0.15) is 0 Å². The fourth-order valence-corrected chi connectivity index (χ4v) is 3.75. The van der Waals surface area contributed by atoms with Crippen LogP contribution >= 0.6 is 36.4 Å². The van der Waals surface area contributed by atoms with Crippen LogP contribution in [0.15, 0.2) is 54.6 Å². The molecule has 1 heterocycles. The molecule has 0 radical (unpaired) electrons. The van der Waals surface area contributed by atoms with Gasteiger partial charge in [-0.3, -0.25) is 9.69 Å². The molecular weight excluding hydrogens is 429 g/mol. The lowest BCUT2D eigenvalue weighted by molar-refractivity contribution is -0.126. The van der Waals surface area contributed by atoms with Gasteiger partial charge < -0.3 is 11.1 Å². The third kappa shape index (κ3) is 6.87. The predicted molar refractivity (Wildman–Crippen MR) is 125 cm³/mol. The molecule has 0 aromatic heterocycles. The number of amides is 1. The Morgan fingerprint density at radius 2 is 1.69 bits per heavy atom. The van der Waals surface area contributed by atoms with Gasteiger partial charge in [-0.1, -0.05) is 60.1 Å². The zero-order valence-corrected chi connectivity index (χ0v) is 19.0. The summed E-state index contributed by atoms with van der Waals surface area (Å²) in [6, 6.07) is 17.5. The van der Waals surface area contributed by atoms with Crippen LogP contribution in [0.25, 0.3) is 0 Å². The van der Waals surface area contributed by atoms with E-state index in [9.17, 15) is 4.79 Å². The zero-order valence-electron chi connectivity index (χ0n) is 16.6. The Hall–Kier alpha value is -1.30. The number of benzene rings is 2. The van der Waals surface area contributed by atoms with Gasteiger partial charge in [0.2, 0.25) is 5.91 Å². The van der Waals surface area contributed by atoms with Gasteiger partial charge in [0.25, 0.3) is 0 Å². The summed E-state index contributed by atoms with van der Waals surface area (Å²) in [6.07, 6.45) is 2.13. The van der Waals surface area contributed by atoms with E-state index in [0.29, 0.717) is 12.5 Å². The first-order valence-electron chi connectivity index (χ1n) is 9.55. The van der Waals surface area contributed by atoms with Crippen LogP contribution in [-0.2, 0) is 16.9 Å². The summed E-state index contributed by atoms with van der Waals surface area (Å²) in [7, 11) is 0. The fraction of sp³-hybridized carbons (Fsp3) is 0.409. The van der Waals surface area contributed by atoms with Crippen molar-refractivity contribution in [2.24, 2.45) is 11.7 Å². The second-order valence-corrected chi connectivity index (χ2v) is 8.00. The molecule has 3 rings (SSSR count). The summed E-state index contributed by atoms with van der Waals surface area (Å²) in [4.78, 5) is 15.0. The molecule has 3 N–H and O–H groups in total. The molecule has 1 aliphatic heterocycles. The zero-order chi connectivity index (χ0) is 19.3. The van der Waals surface area contributed by atoms with Gasteiger partial charge >= 0.3 is 0 Å². The van der Waals surface area contributed by atoms with E-state index in [0.717, 1.165) is 43.1 Å². The number of nitrogens with zero attached hydrogens (tertiary/aromatic N) is 1. The van der Waals surface area contributed by atoms with Crippen molar-refractivity contribution in [3.05, 3.63) is 70.7 Å². The fourth-order valence-electron chi connectivity index (χ4n) is 3.55. The SMILES string of the molecule is CC(N)(C(=O)NCC1CCN(Cc2ccccc2Cl)CC1)c1ccccc1.Cl.Cl. The van der Waals surface area contributed by atoms with Crippen LogP contribution in [0.2, 0.25) is 5.02 Å². The number of nitrogens with one attached hydrogen (secondary N) is 1. The predicted octanol–water partition coefficient (Wildman–Crippen LogP) is 4.39.